The van der Waals surface area contributed by atoms with Crippen LogP contribution in [-0.2, 0) is 11.2 Å². The molecule has 0 saturated carbocycles. The Kier molecular flexibility index (Phi) is 6.94. The summed E-state index contributed by atoms with van der Waals surface area (Å²) < 4.78 is 5.72. The molecule has 8 heteroatoms. The fraction of sp³-hybridized carbons (Fsp3) is 0.238. The molecule has 1 aromatic heterocycles. The third-order valence-electron chi connectivity index (χ3n) is 4.27. The molecule has 1 amide bonds. The SMILES string of the molecule is O=C(CCCc1ncc(-c2ccccc2)o1)NCCNc1ccccc1[N+](=O)[O-]. The number of aromatic nitrogens is 1. The summed E-state index contributed by atoms with van der Waals surface area (Å²) in [4.78, 5) is 26.7. The van der Waals surface area contributed by atoms with Gasteiger partial charge < -0.3 is 15.1 Å². The Morgan fingerprint density at radius 1 is 1.07 bits per heavy atom. The van der Waals surface area contributed by atoms with E-state index in [4.69, 9.17) is 4.42 Å². The molecule has 1 heterocycles. The van der Waals surface area contributed by atoms with Crippen molar-refractivity contribution in [1.82, 2.24) is 10.3 Å². The molecule has 3 aromatic rings. The maximum Gasteiger partial charge on any atom is 0.292 e. The number of anilines is 1. The molecule has 0 spiro atoms. The van der Waals surface area contributed by atoms with Crippen LogP contribution in [0.3, 0.4) is 0 Å². The summed E-state index contributed by atoms with van der Waals surface area (Å²) in [6.07, 6.45) is 3.25. The van der Waals surface area contributed by atoms with Gasteiger partial charge in [0.1, 0.15) is 5.69 Å². The lowest BCUT2D eigenvalue weighted by molar-refractivity contribution is -0.384. The molecule has 0 atom stereocenters. The average Bonchev–Trinajstić information content (AvgIpc) is 3.21. The Bertz CT molecular complexity index is 956. The number of oxazole rings is 1. The Balaban J connectivity index is 1.35. The van der Waals surface area contributed by atoms with Crippen molar-refractivity contribution < 1.29 is 14.1 Å². The topological polar surface area (TPSA) is 110 Å². The third-order valence-corrected chi connectivity index (χ3v) is 4.27. The van der Waals surface area contributed by atoms with Gasteiger partial charge in [0.05, 0.1) is 11.1 Å². The van der Waals surface area contributed by atoms with E-state index in [1.807, 2.05) is 30.3 Å². The maximum atomic E-state index is 11.9. The maximum absolute atomic E-state index is 11.9. The second-order valence-electron chi connectivity index (χ2n) is 6.39. The van der Waals surface area contributed by atoms with E-state index in [-0.39, 0.29) is 11.6 Å². The quantitative estimate of drug-likeness (QED) is 0.307. The van der Waals surface area contributed by atoms with Crippen molar-refractivity contribution >= 4 is 17.3 Å². The number of nitro benzene ring substituents is 1. The van der Waals surface area contributed by atoms with Gasteiger partial charge in [-0.2, -0.15) is 0 Å². The number of para-hydroxylation sites is 2. The highest BCUT2D eigenvalue weighted by Crippen LogP contribution is 2.22. The van der Waals surface area contributed by atoms with Gasteiger partial charge in [-0.05, 0) is 12.5 Å². The molecule has 0 aliphatic heterocycles. The Hall–Kier alpha value is -3.68. The molecule has 29 heavy (non-hydrogen) atoms. The van der Waals surface area contributed by atoms with Gasteiger partial charge >= 0.3 is 0 Å². The molecule has 0 aliphatic carbocycles. The minimum atomic E-state index is -0.438. The van der Waals surface area contributed by atoms with E-state index < -0.39 is 4.92 Å². The molecule has 150 valence electrons. The fourth-order valence-corrected chi connectivity index (χ4v) is 2.83. The second-order valence-corrected chi connectivity index (χ2v) is 6.39. The van der Waals surface area contributed by atoms with Gasteiger partial charge in [-0.15, -0.1) is 0 Å². The zero-order valence-corrected chi connectivity index (χ0v) is 15.8. The number of hydrogen-bond donors (Lipinski definition) is 2. The molecule has 3 rings (SSSR count). The first-order chi connectivity index (χ1) is 14.1. The van der Waals surface area contributed by atoms with Crippen LogP contribution >= 0.6 is 0 Å². The van der Waals surface area contributed by atoms with E-state index in [0.29, 0.717) is 49.7 Å². The van der Waals surface area contributed by atoms with Crippen LogP contribution in [0.25, 0.3) is 11.3 Å². The van der Waals surface area contributed by atoms with E-state index >= 15 is 0 Å². The number of amides is 1. The van der Waals surface area contributed by atoms with Gasteiger partial charge in [-0.25, -0.2) is 4.98 Å². The summed E-state index contributed by atoms with van der Waals surface area (Å²) >= 11 is 0. The van der Waals surface area contributed by atoms with Crippen LogP contribution in [0, 0.1) is 10.1 Å². The molecular formula is C21H22N4O4. The highest BCUT2D eigenvalue weighted by atomic mass is 16.6. The smallest absolute Gasteiger partial charge is 0.292 e. The van der Waals surface area contributed by atoms with Crippen LogP contribution in [0.1, 0.15) is 18.7 Å². The number of nitrogens with zero attached hydrogens (tertiary/aromatic N) is 2. The van der Waals surface area contributed by atoms with Crippen molar-refractivity contribution in [3.05, 3.63) is 76.8 Å². The summed E-state index contributed by atoms with van der Waals surface area (Å²) in [5.74, 6) is 1.24. The van der Waals surface area contributed by atoms with Crippen molar-refractivity contribution in [3.63, 3.8) is 0 Å². The molecule has 0 bridgehead atoms. The van der Waals surface area contributed by atoms with E-state index in [1.54, 1.807) is 24.4 Å². The van der Waals surface area contributed by atoms with Crippen molar-refractivity contribution in [3.8, 4) is 11.3 Å². The predicted molar refractivity (Wildman–Crippen MR) is 109 cm³/mol. The van der Waals surface area contributed by atoms with Gasteiger partial charge in [-0.1, -0.05) is 42.5 Å². The first-order valence-electron chi connectivity index (χ1n) is 9.37. The molecule has 0 aliphatic rings. The van der Waals surface area contributed by atoms with Crippen LogP contribution in [0.2, 0.25) is 0 Å². The normalized spacial score (nSPS) is 10.5. The number of hydrogen-bond acceptors (Lipinski definition) is 6. The van der Waals surface area contributed by atoms with Crippen molar-refractivity contribution in [2.45, 2.75) is 19.3 Å². The summed E-state index contributed by atoms with van der Waals surface area (Å²) in [6.45, 7) is 0.777. The zero-order chi connectivity index (χ0) is 20.5. The number of carbonyl (C=O) groups excluding carboxylic acids is 1. The molecular weight excluding hydrogens is 372 g/mol. The lowest BCUT2D eigenvalue weighted by atomic mass is 10.2. The van der Waals surface area contributed by atoms with Crippen LogP contribution in [0.5, 0.6) is 0 Å². The third kappa shape index (κ3) is 5.90. The van der Waals surface area contributed by atoms with E-state index in [0.717, 1.165) is 5.56 Å². The van der Waals surface area contributed by atoms with Gasteiger partial charge in [0.2, 0.25) is 5.91 Å². The number of nitrogens with one attached hydrogen (secondary N) is 2. The predicted octanol–water partition coefficient (Wildman–Crippen LogP) is 3.80. The molecule has 8 nitrogen and oxygen atoms in total. The molecule has 0 unspecified atom stereocenters. The highest BCUT2D eigenvalue weighted by molar-refractivity contribution is 5.75. The van der Waals surface area contributed by atoms with Crippen LogP contribution in [0.4, 0.5) is 11.4 Å². The van der Waals surface area contributed by atoms with Crippen LogP contribution < -0.4 is 10.6 Å². The monoisotopic (exact) mass is 394 g/mol. The summed E-state index contributed by atoms with van der Waals surface area (Å²) in [5.41, 5.74) is 1.42. The lowest BCUT2D eigenvalue weighted by Gasteiger charge is -2.08. The first-order valence-corrected chi connectivity index (χ1v) is 9.37. The van der Waals surface area contributed by atoms with E-state index in [9.17, 15) is 14.9 Å². The van der Waals surface area contributed by atoms with Gasteiger partial charge in [0, 0.05) is 37.6 Å². The fourth-order valence-electron chi connectivity index (χ4n) is 2.83. The Labute approximate surface area is 168 Å². The van der Waals surface area contributed by atoms with Gasteiger partial charge in [0.15, 0.2) is 11.7 Å². The standard InChI is InChI=1S/C21H22N4O4/c26-20(23-14-13-22-17-9-4-5-10-18(17)25(27)28)11-6-12-21-24-15-19(29-21)16-7-2-1-3-8-16/h1-5,7-10,15,22H,6,11-14H2,(H,23,26). The van der Waals surface area contributed by atoms with Crippen molar-refractivity contribution in [2.75, 3.05) is 18.4 Å². The minimum absolute atomic E-state index is 0.0136. The molecule has 2 aromatic carbocycles. The molecule has 2 N–H and O–H groups in total. The summed E-state index contributed by atoms with van der Waals surface area (Å²) in [7, 11) is 0. The summed E-state index contributed by atoms with van der Waals surface area (Å²) in [6, 6.07) is 16.1. The number of nitro groups is 1. The Morgan fingerprint density at radius 3 is 2.62 bits per heavy atom. The largest absolute Gasteiger partial charge is 0.441 e. The average molecular weight is 394 g/mol. The minimum Gasteiger partial charge on any atom is -0.441 e. The van der Waals surface area contributed by atoms with Crippen molar-refractivity contribution in [1.29, 1.82) is 0 Å². The zero-order valence-electron chi connectivity index (χ0n) is 15.8. The highest BCUT2D eigenvalue weighted by Gasteiger charge is 2.11. The van der Waals surface area contributed by atoms with Crippen LogP contribution in [-0.4, -0.2) is 28.9 Å². The Morgan fingerprint density at radius 2 is 1.83 bits per heavy atom. The lowest BCUT2D eigenvalue weighted by Crippen LogP contribution is -2.28. The first kappa shape index (κ1) is 20.1. The molecule has 0 radical (unpaired) electrons. The van der Waals surface area contributed by atoms with Gasteiger partial charge in [-0.3, -0.25) is 14.9 Å². The van der Waals surface area contributed by atoms with Crippen LogP contribution in [0.15, 0.2) is 65.2 Å². The number of rotatable bonds is 10. The number of carbonyl (C=O) groups is 1. The molecule has 0 saturated heterocycles. The second kappa shape index (κ2) is 10.0. The van der Waals surface area contributed by atoms with Crippen molar-refractivity contribution in [2.24, 2.45) is 0 Å². The molecule has 0 fully saturated rings. The van der Waals surface area contributed by atoms with Gasteiger partial charge in [0.25, 0.3) is 5.69 Å². The van der Waals surface area contributed by atoms with E-state index in [2.05, 4.69) is 15.6 Å². The van der Waals surface area contributed by atoms with E-state index in [1.165, 1.54) is 6.07 Å². The number of aryl methyl sites for hydroxylation is 1. The summed E-state index contributed by atoms with van der Waals surface area (Å²) in [5, 5.41) is 16.7. The number of benzene rings is 2.